The van der Waals surface area contributed by atoms with Crippen molar-refractivity contribution in [1.82, 2.24) is 9.97 Å². The summed E-state index contributed by atoms with van der Waals surface area (Å²) >= 11 is 11.6. The Hall–Kier alpha value is -1.65. The first-order valence-electron chi connectivity index (χ1n) is 5.12. The zero-order valence-corrected chi connectivity index (χ0v) is 11.0. The second-order valence-corrected chi connectivity index (χ2v) is 4.40. The number of halogens is 2. The molecule has 92 valence electrons. The highest BCUT2D eigenvalue weighted by atomic mass is 35.5. The van der Waals surface area contributed by atoms with E-state index in [4.69, 9.17) is 23.2 Å². The number of carbonyl (C=O) groups is 1. The van der Waals surface area contributed by atoms with Crippen molar-refractivity contribution in [2.45, 2.75) is 6.92 Å². The van der Waals surface area contributed by atoms with E-state index in [0.29, 0.717) is 10.6 Å². The van der Waals surface area contributed by atoms with Gasteiger partial charge in [0.1, 0.15) is 0 Å². The fourth-order valence-electron chi connectivity index (χ4n) is 1.46. The van der Waals surface area contributed by atoms with Crippen LogP contribution in [0.2, 0.25) is 10.2 Å². The topological polar surface area (TPSA) is 54.9 Å². The Labute approximate surface area is 114 Å². The van der Waals surface area contributed by atoms with Gasteiger partial charge in [0.25, 0.3) is 5.91 Å². The lowest BCUT2D eigenvalue weighted by Gasteiger charge is -2.07. The molecule has 1 heterocycles. The average Bonchev–Trinajstić information content (AvgIpc) is 2.32. The molecule has 0 aliphatic rings. The molecule has 2 aromatic rings. The highest BCUT2D eigenvalue weighted by Crippen LogP contribution is 2.18. The second kappa shape index (κ2) is 5.33. The third-order valence-corrected chi connectivity index (χ3v) is 2.83. The first kappa shape index (κ1) is 12.8. The maximum Gasteiger partial charge on any atom is 0.257 e. The van der Waals surface area contributed by atoms with Crippen LogP contribution in [0.25, 0.3) is 0 Å². The van der Waals surface area contributed by atoms with E-state index in [9.17, 15) is 4.79 Å². The van der Waals surface area contributed by atoms with E-state index in [0.717, 1.165) is 5.56 Å². The quantitative estimate of drug-likeness (QED) is 0.919. The summed E-state index contributed by atoms with van der Waals surface area (Å²) in [5.41, 5.74) is 1.29. The number of aromatic nitrogens is 2. The summed E-state index contributed by atoms with van der Waals surface area (Å²) in [5, 5.41) is 3.33. The van der Waals surface area contributed by atoms with Gasteiger partial charge in [0.05, 0.1) is 0 Å². The van der Waals surface area contributed by atoms with Crippen LogP contribution in [0.1, 0.15) is 15.9 Å². The number of amides is 1. The molecule has 0 bridgehead atoms. The molecule has 0 spiro atoms. The van der Waals surface area contributed by atoms with E-state index < -0.39 is 0 Å². The van der Waals surface area contributed by atoms with Crippen molar-refractivity contribution < 1.29 is 4.79 Å². The van der Waals surface area contributed by atoms with E-state index in [-0.39, 0.29) is 16.9 Å². The lowest BCUT2D eigenvalue weighted by Crippen LogP contribution is -2.14. The van der Waals surface area contributed by atoms with Gasteiger partial charge in [-0.15, -0.1) is 0 Å². The summed E-state index contributed by atoms with van der Waals surface area (Å²) in [6.45, 7) is 1.80. The van der Waals surface area contributed by atoms with Crippen molar-refractivity contribution in [3.05, 3.63) is 51.9 Å². The fraction of sp³-hybridized carbons (Fsp3) is 0.0833. The smallest absolute Gasteiger partial charge is 0.257 e. The van der Waals surface area contributed by atoms with Crippen LogP contribution in [-0.4, -0.2) is 15.9 Å². The number of nitrogens with one attached hydrogen (secondary N) is 1. The first-order chi connectivity index (χ1) is 8.58. The normalized spacial score (nSPS) is 10.2. The number of hydrogen-bond donors (Lipinski definition) is 1. The Kier molecular flexibility index (Phi) is 3.79. The lowest BCUT2D eigenvalue weighted by molar-refractivity contribution is 0.102. The Bertz CT molecular complexity index is 602. The van der Waals surface area contributed by atoms with E-state index >= 15 is 0 Å². The number of nitrogens with zero attached hydrogens (tertiary/aromatic N) is 2. The molecule has 0 radical (unpaired) electrons. The largest absolute Gasteiger partial charge is 0.304 e. The predicted octanol–water partition coefficient (Wildman–Crippen LogP) is 3.34. The minimum Gasteiger partial charge on any atom is -0.304 e. The maximum atomic E-state index is 12.0. The van der Waals surface area contributed by atoms with Crippen LogP contribution >= 0.6 is 23.2 Å². The molecule has 1 N–H and O–H groups in total. The van der Waals surface area contributed by atoms with Crippen molar-refractivity contribution in [3.63, 3.8) is 0 Å². The number of rotatable bonds is 2. The summed E-state index contributed by atoms with van der Waals surface area (Å²) in [7, 11) is 0. The fourth-order valence-corrected chi connectivity index (χ4v) is 1.84. The Morgan fingerprint density at radius 3 is 2.61 bits per heavy atom. The Balaban J connectivity index is 2.25. The molecule has 0 saturated carbocycles. The van der Waals surface area contributed by atoms with Gasteiger partial charge in [-0.05, 0) is 30.7 Å². The zero-order valence-electron chi connectivity index (χ0n) is 9.45. The molecule has 1 aromatic heterocycles. The molecule has 0 aliphatic heterocycles. The minimum absolute atomic E-state index is 0.150. The van der Waals surface area contributed by atoms with E-state index in [1.165, 1.54) is 12.4 Å². The van der Waals surface area contributed by atoms with Crippen LogP contribution in [0.4, 0.5) is 5.82 Å². The van der Waals surface area contributed by atoms with Crippen molar-refractivity contribution in [2.75, 3.05) is 5.32 Å². The molecule has 1 amide bonds. The predicted molar refractivity (Wildman–Crippen MR) is 71.2 cm³/mol. The van der Waals surface area contributed by atoms with Crippen LogP contribution in [0.15, 0.2) is 30.6 Å². The zero-order chi connectivity index (χ0) is 13.1. The summed E-state index contributed by atoms with van der Waals surface area (Å²) < 4.78 is 0. The molecule has 1 aromatic carbocycles. The number of hydrogen-bond acceptors (Lipinski definition) is 3. The molecular weight excluding hydrogens is 273 g/mol. The van der Waals surface area contributed by atoms with Gasteiger partial charge in [0.15, 0.2) is 11.0 Å². The summed E-state index contributed by atoms with van der Waals surface area (Å²) in [6, 6.07) is 5.02. The number of anilines is 1. The van der Waals surface area contributed by atoms with Gasteiger partial charge in [0, 0.05) is 23.0 Å². The van der Waals surface area contributed by atoms with Gasteiger partial charge in [-0.2, -0.15) is 0 Å². The Morgan fingerprint density at radius 2 is 1.94 bits per heavy atom. The van der Waals surface area contributed by atoms with Crippen LogP contribution < -0.4 is 5.32 Å². The standard InChI is InChI=1S/C12H9Cl2N3O/c1-7-6-8(13)2-3-9(7)12(18)17-11-10(14)15-4-5-16-11/h2-6H,1H3,(H,16,17,18). The van der Waals surface area contributed by atoms with Gasteiger partial charge >= 0.3 is 0 Å². The molecule has 0 fully saturated rings. The molecule has 0 atom stereocenters. The lowest BCUT2D eigenvalue weighted by atomic mass is 10.1. The van der Waals surface area contributed by atoms with Crippen molar-refractivity contribution in [2.24, 2.45) is 0 Å². The van der Waals surface area contributed by atoms with Gasteiger partial charge in [-0.25, -0.2) is 9.97 Å². The van der Waals surface area contributed by atoms with Crippen LogP contribution in [0.5, 0.6) is 0 Å². The monoisotopic (exact) mass is 281 g/mol. The van der Waals surface area contributed by atoms with Crippen LogP contribution in [0, 0.1) is 6.92 Å². The maximum absolute atomic E-state index is 12.0. The Morgan fingerprint density at radius 1 is 1.22 bits per heavy atom. The van der Waals surface area contributed by atoms with E-state index in [1.54, 1.807) is 25.1 Å². The second-order valence-electron chi connectivity index (χ2n) is 3.61. The molecule has 18 heavy (non-hydrogen) atoms. The number of carbonyl (C=O) groups excluding carboxylic acids is 1. The van der Waals surface area contributed by atoms with Gasteiger partial charge in [-0.1, -0.05) is 23.2 Å². The SMILES string of the molecule is Cc1cc(Cl)ccc1C(=O)Nc1nccnc1Cl. The van der Waals surface area contributed by atoms with Gasteiger partial charge < -0.3 is 5.32 Å². The number of benzene rings is 1. The first-order valence-corrected chi connectivity index (χ1v) is 5.87. The molecule has 0 unspecified atom stereocenters. The highest BCUT2D eigenvalue weighted by molar-refractivity contribution is 6.32. The molecule has 6 heteroatoms. The molecule has 0 aliphatic carbocycles. The van der Waals surface area contributed by atoms with E-state index in [2.05, 4.69) is 15.3 Å². The molecule has 0 saturated heterocycles. The van der Waals surface area contributed by atoms with Crippen molar-refractivity contribution in [3.8, 4) is 0 Å². The summed E-state index contributed by atoms with van der Waals surface area (Å²) in [5.74, 6) is -0.0647. The summed E-state index contributed by atoms with van der Waals surface area (Å²) in [4.78, 5) is 19.8. The van der Waals surface area contributed by atoms with Crippen LogP contribution in [-0.2, 0) is 0 Å². The molecule has 4 nitrogen and oxygen atoms in total. The van der Waals surface area contributed by atoms with Crippen molar-refractivity contribution in [1.29, 1.82) is 0 Å². The van der Waals surface area contributed by atoms with E-state index in [1.807, 2.05) is 0 Å². The third-order valence-electron chi connectivity index (χ3n) is 2.32. The van der Waals surface area contributed by atoms with Crippen LogP contribution in [0.3, 0.4) is 0 Å². The van der Waals surface area contributed by atoms with Gasteiger partial charge in [0.2, 0.25) is 0 Å². The minimum atomic E-state index is -0.299. The molecular formula is C12H9Cl2N3O. The highest BCUT2D eigenvalue weighted by Gasteiger charge is 2.12. The molecule has 2 rings (SSSR count). The van der Waals surface area contributed by atoms with Gasteiger partial charge in [-0.3, -0.25) is 4.79 Å². The average molecular weight is 282 g/mol. The summed E-state index contributed by atoms with van der Waals surface area (Å²) in [6.07, 6.45) is 2.90. The number of aryl methyl sites for hydroxylation is 1. The van der Waals surface area contributed by atoms with Crippen molar-refractivity contribution >= 4 is 34.9 Å². The third kappa shape index (κ3) is 2.78.